The molecule has 21 heavy (non-hydrogen) atoms. The zero-order valence-corrected chi connectivity index (χ0v) is 13.0. The molecule has 0 saturated heterocycles. The first-order valence-electron chi connectivity index (χ1n) is 6.43. The van der Waals surface area contributed by atoms with Crippen LogP contribution in [0.3, 0.4) is 0 Å². The fourth-order valence-electron chi connectivity index (χ4n) is 1.96. The van der Waals surface area contributed by atoms with Crippen molar-refractivity contribution in [3.05, 3.63) is 51.8 Å². The second-order valence-corrected chi connectivity index (χ2v) is 5.42. The molecule has 0 saturated carbocycles. The van der Waals surface area contributed by atoms with Gasteiger partial charge in [0.1, 0.15) is 5.15 Å². The number of anilines is 2. The van der Waals surface area contributed by atoms with E-state index in [1.807, 2.05) is 31.2 Å². The maximum Gasteiger partial charge on any atom is 0.224 e. The standard InChI is InChI=1S/C15H15Cl2N3O/c1-9-8-12(16)19-15(17)14(9)20-13(21)7-6-10-4-2-3-5-11(10)18/h2-5,8H,6-7,18H2,1H3,(H,20,21). The molecule has 0 spiro atoms. The number of benzene rings is 1. The van der Waals surface area contributed by atoms with Crippen LogP contribution in [0.15, 0.2) is 30.3 Å². The van der Waals surface area contributed by atoms with Crippen molar-refractivity contribution < 1.29 is 4.79 Å². The lowest BCUT2D eigenvalue weighted by atomic mass is 10.1. The highest BCUT2D eigenvalue weighted by atomic mass is 35.5. The van der Waals surface area contributed by atoms with E-state index in [0.29, 0.717) is 29.4 Å². The Bertz CT molecular complexity index is 651. The van der Waals surface area contributed by atoms with Crippen molar-refractivity contribution in [3.63, 3.8) is 0 Å². The normalized spacial score (nSPS) is 10.4. The van der Waals surface area contributed by atoms with E-state index >= 15 is 0 Å². The number of nitrogens with one attached hydrogen (secondary N) is 1. The zero-order valence-electron chi connectivity index (χ0n) is 11.5. The predicted molar refractivity (Wildman–Crippen MR) is 86.8 cm³/mol. The topological polar surface area (TPSA) is 68.0 Å². The molecule has 2 rings (SSSR count). The van der Waals surface area contributed by atoms with Gasteiger partial charge in [-0.2, -0.15) is 0 Å². The summed E-state index contributed by atoms with van der Waals surface area (Å²) >= 11 is 11.8. The highest BCUT2D eigenvalue weighted by Gasteiger charge is 2.11. The Kier molecular flexibility index (Phi) is 5.04. The molecule has 0 aliphatic rings. The molecule has 0 aliphatic heterocycles. The monoisotopic (exact) mass is 323 g/mol. The van der Waals surface area contributed by atoms with Crippen molar-refractivity contribution in [1.29, 1.82) is 0 Å². The number of carbonyl (C=O) groups excluding carboxylic acids is 1. The lowest BCUT2D eigenvalue weighted by Gasteiger charge is -2.10. The first-order chi connectivity index (χ1) is 9.97. The van der Waals surface area contributed by atoms with Gasteiger partial charge in [-0.05, 0) is 36.6 Å². The van der Waals surface area contributed by atoms with Crippen LogP contribution in [-0.4, -0.2) is 10.9 Å². The molecule has 1 heterocycles. The average molecular weight is 324 g/mol. The summed E-state index contributed by atoms with van der Waals surface area (Å²) in [6, 6.07) is 9.13. The van der Waals surface area contributed by atoms with Gasteiger partial charge in [0.15, 0.2) is 5.15 Å². The molecule has 1 aromatic heterocycles. The second kappa shape index (κ2) is 6.78. The fourth-order valence-corrected chi connectivity index (χ4v) is 2.54. The van der Waals surface area contributed by atoms with Crippen molar-refractivity contribution >= 4 is 40.5 Å². The highest BCUT2D eigenvalue weighted by Crippen LogP contribution is 2.26. The van der Waals surface area contributed by atoms with Crippen molar-refractivity contribution in [2.45, 2.75) is 19.8 Å². The number of hydrogen-bond donors (Lipinski definition) is 2. The van der Waals surface area contributed by atoms with E-state index in [-0.39, 0.29) is 11.1 Å². The Labute approximate surface area is 133 Å². The number of nitrogen functional groups attached to an aromatic ring is 1. The molecule has 2 aromatic rings. The van der Waals surface area contributed by atoms with Crippen LogP contribution in [0.5, 0.6) is 0 Å². The van der Waals surface area contributed by atoms with Crippen molar-refractivity contribution in [1.82, 2.24) is 4.98 Å². The number of para-hydroxylation sites is 1. The molecule has 0 unspecified atom stereocenters. The van der Waals surface area contributed by atoms with Gasteiger partial charge in [-0.1, -0.05) is 41.4 Å². The van der Waals surface area contributed by atoms with E-state index in [1.165, 1.54) is 0 Å². The molecular weight excluding hydrogens is 309 g/mol. The number of halogens is 2. The van der Waals surface area contributed by atoms with Crippen LogP contribution in [0, 0.1) is 6.92 Å². The van der Waals surface area contributed by atoms with Gasteiger partial charge < -0.3 is 11.1 Å². The highest BCUT2D eigenvalue weighted by molar-refractivity contribution is 6.34. The third kappa shape index (κ3) is 4.09. The summed E-state index contributed by atoms with van der Waals surface area (Å²) in [6.07, 6.45) is 0.878. The molecule has 1 aromatic carbocycles. The van der Waals surface area contributed by atoms with Crippen LogP contribution in [0.2, 0.25) is 10.3 Å². The van der Waals surface area contributed by atoms with E-state index in [9.17, 15) is 4.79 Å². The second-order valence-electron chi connectivity index (χ2n) is 4.67. The molecule has 0 bridgehead atoms. The number of carbonyl (C=O) groups is 1. The Balaban J connectivity index is 2.01. The van der Waals surface area contributed by atoms with Crippen LogP contribution in [0.25, 0.3) is 0 Å². The van der Waals surface area contributed by atoms with Gasteiger partial charge in [0.05, 0.1) is 5.69 Å². The third-order valence-electron chi connectivity index (χ3n) is 3.08. The molecule has 3 N–H and O–H groups in total. The van der Waals surface area contributed by atoms with E-state index < -0.39 is 0 Å². The number of nitrogens with two attached hydrogens (primary N) is 1. The SMILES string of the molecule is Cc1cc(Cl)nc(Cl)c1NC(=O)CCc1ccccc1N. The summed E-state index contributed by atoms with van der Waals surface area (Å²) in [4.78, 5) is 15.9. The van der Waals surface area contributed by atoms with Crippen LogP contribution in [-0.2, 0) is 11.2 Å². The molecular formula is C15H15Cl2N3O. The van der Waals surface area contributed by atoms with E-state index in [0.717, 1.165) is 11.1 Å². The van der Waals surface area contributed by atoms with Gasteiger partial charge in [-0.15, -0.1) is 0 Å². The van der Waals surface area contributed by atoms with Gasteiger partial charge in [0.25, 0.3) is 0 Å². The quantitative estimate of drug-likeness (QED) is 0.663. The number of hydrogen-bond acceptors (Lipinski definition) is 3. The fraction of sp³-hybridized carbons (Fsp3) is 0.200. The number of amides is 1. The van der Waals surface area contributed by atoms with Crippen LogP contribution in [0.1, 0.15) is 17.5 Å². The third-order valence-corrected chi connectivity index (χ3v) is 3.55. The molecule has 1 amide bonds. The number of nitrogens with zero attached hydrogens (tertiary/aromatic N) is 1. The van der Waals surface area contributed by atoms with Crippen molar-refractivity contribution in [2.24, 2.45) is 0 Å². The predicted octanol–water partition coefficient (Wildman–Crippen LogP) is 3.85. The Morgan fingerprint density at radius 3 is 2.71 bits per heavy atom. The van der Waals surface area contributed by atoms with Gasteiger partial charge in [-0.3, -0.25) is 4.79 Å². The number of rotatable bonds is 4. The maximum atomic E-state index is 12.0. The Morgan fingerprint density at radius 1 is 1.33 bits per heavy atom. The van der Waals surface area contributed by atoms with Crippen molar-refractivity contribution in [3.8, 4) is 0 Å². The average Bonchev–Trinajstić information content (AvgIpc) is 2.42. The number of aromatic nitrogens is 1. The molecule has 0 aliphatic carbocycles. The van der Waals surface area contributed by atoms with Gasteiger partial charge in [-0.25, -0.2) is 4.98 Å². The summed E-state index contributed by atoms with van der Waals surface area (Å²) in [5, 5.41) is 3.25. The first-order valence-corrected chi connectivity index (χ1v) is 7.19. The van der Waals surface area contributed by atoms with Crippen LogP contribution < -0.4 is 11.1 Å². The Hall–Kier alpha value is -1.78. The largest absolute Gasteiger partial charge is 0.399 e. The van der Waals surface area contributed by atoms with Gasteiger partial charge in [0, 0.05) is 12.1 Å². The van der Waals surface area contributed by atoms with E-state index in [2.05, 4.69) is 10.3 Å². The molecule has 0 radical (unpaired) electrons. The van der Waals surface area contributed by atoms with Gasteiger partial charge in [0.2, 0.25) is 5.91 Å². The zero-order chi connectivity index (χ0) is 15.4. The molecule has 0 atom stereocenters. The lowest BCUT2D eigenvalue weighted by Crippen LogP contribution is -2.14. The molecule has 4 nitrogen and oxygen atoms in total. The summed E-state index contributed by atoms with van der Waals surface area (Å²) in [7, 11) is 0. The molecule has 110 valence electrons. The van der Waals surface area contributed by atoms with Crippen LogP contribution in [0.4, 0.5) is 11.4 Å². The van der Waals surface area contributed by atoms with E-state index in [4.69, 9.17) is 28.9 Å². The van der Waals surface area contributed by atoms with E-state index in [1.54, 1.807) is 6.07 Å². The minimum absolute atomic E-state index is 0.146. The smallest absolute Gasteiger partial charge is 0.224 e. The minimum Gasteiger partial charge on any atom is -0.399 e. The number of aryl methyl sites for hydroxylation is 2. The summed E-state index contributed by atoms with van der Waals surface area (Å²) in [5.41, 5.74) is 8.75. The summed E-state index contributed by atoms with van der Waals surface area (Å²) in [6.45, 7) is 1.81. The van der Waals surface area contributed by atoms with Crippen molar-refractivity contribution in [2.75, 3.05) is 11.1 Å². The lowest BCUT2D eigenvalue weighted by molar-refractivity contribution is -0.116. The minimum atomic E-state index is -0.146. The molecule has 6 heteroatoms. The Morgan fingerprint density at radius 2 is 2.05 bits per heavy atom. The van der Waals surface area contributed by atoms with Crippen LogP contribution >= 0.6 is 23.2 Å². The summed E-state index contributed by atoms with van der Waals surface area (Å²) < 4.78 is 0. The maximum absolute atomic E-state index is 12.0. The summed E-state index contributed by atoms with van der Waals surface area (Å²) in [5.74, 6) is -0.146. The number of pyridine rings is 1. The first kappa shape index (κ1) is 15.6. The van der Waals surface area contributed by atoms with Gasteiger partial charge >= 0.3 is 0 Å². The molecule has 0 fully saturated rings.